The number of rotatable bonds is 8. The van der Waals surface area contributed by atoms with Crippen LogP contribution >= 0.6 is 0 Å². The normalized spacial score (nSPS) is 10.8. The van der Waals surface area contributed by atoms with Crippen LogP contribution in [-0.4, -0.2) is 37.0 Å². The first kappa shape index (κ1) is 18.9. The summed E-state index contributed by atoms with van der Waals surface area (Å²) in [6.07, 6.45) is 0. The fourth-order valence-corrected chi connectivity index (χ4v) is 2.40. The molecule has 1 N–H and O–H groups in total. The van der Waals surface area contributed by atoms with Crippen molar-refractivity contribution in [2.24, 2.45) is 0 Å². The molecule has 0 saturated carbocycles. The molecule has 4 nitrogen and oxygen atoms in total. The Labute approximate surface area is 146 Å². The number of carbonyl (C=O) groups excluding carboxylic acids is 1. The molecule has 0 unspecified atom stereocenters. The number of nitrogens with zero attached hydrogens (tertiary/aromatic N) is 1. The molecule has 2 aromatic rings. The Bertz CT molecular complexity index is 698. The highest BCUT2D eigenvalue weighted by molar-refractivity contribution is 6.05. The highest BCUT2D eigenvalue weighted by atomic mass is 19.1. The molecule has 1 amide bonds. The summed E-state index contributed by atoms with van der Waals surface area (Å²) in [6.45, 7) is 7.27. The average Bonchev–Trinajstić information content (AvgIpc) is 2.59. The number of nitrogens with one attached hydrogen (secondary N) is 1. The van der Waals surface area contributed by atoms with E-state index in [1.54, 1.807) is 24.3 Å². The number of hydrogen-bond acceptors (Lipinski definition) is 3. The van der Waals surface area contributed by atoms with E-state index in [0.717, 1.165) is 37.8 Å². The number of ether oxygens (including phenoxy) is 1. The Balaban J connectivity index is 2.05. The quantitative estimate of drug-likeness (QED) is 0.786. The van der Waals surface area contributed by atoms with Gasteiger partial charge in [0.15, 0.2) is 0 Å². The van der Waals surface area contributed by atoms with Crippen molar-refractivity contribution in [3.63, 3.8) is 0 Å². The van der Waals surface area contributed by atoms with E-state index < -0.39 is 17.5 Å². The van der Waals surface area contributed by atoms with E-state index in [9.17, 15) is 13.6 Å². The van der Waals surface area contributed by atoms with Gasteiger partial charge in [0.25, 0.3) is 5.91 Å². The molecule has 0 heterocycles. The molecule has 0 atom stereocenters. The van der Waals surface area contributed by atoms with Gasteiger partial charge in [0, 0.05) is 18.2 Å². The van der Waals surface area contributed by atoms with E-state index in [0.29, 0.717) is 18.0 Å². The van der Waals surface area contributed by atoms with Crippen molar-refractivity contribution in [3.05, 3.63) is 59.7 Å². The Morgan fingerprint density at radius 3 is 2.36 bits per heavy atom. The molecule has 134 valence electrons. The Hall–Kier alpha value is -2.47. The van der Waals surface area contributed by atoms with Gasteiger partial charge in [0.2, 0.25) is 0 Å². The summed E-state index contributed by atoms with van der Waals surface area (Å²) >= 11 is 0. The van der Waals surface area contributed by atoms with Gasteiger partial charge in [-0.05, 0) is 37.4 Å². The molecule has 0 aliphatic carbocycles. The second-order valence-electron chi connectivity index (χ2n) is 5.48. The maximum Gasteiger partial charge on any atom is 0.255 e. The lowest BCUT2D eigenvalue weighted by atomic mass is 10.2. The SMILES string of the molecule is CCN(CC)CCOc1ccccc1NC(=O)c1cc(F)cc(F)c1. The molecule has 0 aromatic heterocycles. The van der Waals surface area contributed by atoms with Crippen molar-refractivity contribution in [2.75, 3.05) is 31.6 Å². The molecule has 0 saturated heterocycles. The third-order valence-corrected chi connectivity index (χ3v) is 3.82. The summed E-state index contributed by atoms with van der Waals surface area (Å²) in [7, 11) is 0. The smallest absolute Gasteiger partial charge is 0.255 e. The predicted octanol–water partition coefficient (Wildman–Crippen LogP) is 3.94. The molecule has 2 aromatic carbocycles. The van der Waals surface area contributed by atoms with Crippen molar-refractivity contribution in [2.45, 2.75) is 13.8 Å². The molecular weight excluding hydrogens is 326 g/mol. The van der Waals surface area contributed by atoms with Crippen molar-refractivity contribution >= 4 is 11.6 Å². The topological polar surface area (TPSA) is 41.6 Å². The van der Waals surface area contributed by atoms with Gasteiger partial charge in [-0.25, -0.2) is 8.78 Å². The molecule has 0 bridgehead atoms. The van der Waals surface area contributed by atoms with Gasteiger partial charge in [-0.15, -0.1) is 0 Å². The first-order chi connectivity index (χ1) is 12.0. The minimum absolute atomic E-state index is 0.0876. The second-order valence-corrected chi connectivity index (χ2v) is 5.48. The number of carbonyl (C=O) groups is 1. The number of halogens is 2. The monoisotopic (exact) mass is 348 g/mol. The first-order valence-corrected chi connectivity index (χ1v) is 8.25. The maximum absolute atomic E-state index is 13.3. The van der Waals surface area contributed by atoms with Crippen LogP contribution in [0.4, 0.5) is 14.5 Å². The lowest BCUT2D eigenvalue weighted by molar-refractivity contribution is 0.102. The maximum atomic E-state index is 13.3. The van der Waals surface area contributed by atoms with Gasteiger partial charge >= 0.3 is 0 Å². The number of hydrogen-bond donors (Lipinski definition) is 1. The Kier molecular flexibility index (Phi) is 6.89. The standard InChI is InChI=1S/C19H22F2N2O2/c1-3-23(4-2)9-10-25-18-8-6-5-7-17(18)22-19(24)14-11-15(20)13-16(21)12-14/h5-8,11-13H,3-4,9-10H2,1-2H3,(H,22,24). The van der Waals surface area contributed by atoms with Crippen LogP contribution in [0.5, 0.6) is 5.75 Å². The van der Waals surface area contributed by atoms with Gasteiger partial charge in [0.1, 0.15) is 24.0 Å². The minimum atomic E-state index is -0.797. The zero-order valence-corrected chi connectivity index (χ0v) is 14.4. The Morgan fingerprint density at radius 2 is 1.72 bits per heavy atom. The van der Waals surface area contributed by atoms with E-state index in [4.69, 9.17) is 4.74 Å². The number of benzene rings is 2. The first-order valence-electron chi connectivity index (χ1n) is 8.25. The van der Waals surface area contributed by atoms with Crippen LogP contribution in [0.3, 0.4) is 0 Å². The van der Waals surface area contributed by atoms with Crippen LogP contribution in [0.25, 0.3) is 0 Å². The van der Waals surface area contributed by atoms with Crippen LogP contribution in [0.2, 0.25) is 0 Å². The lowest BCUT2D eigenvalue weighted by Gasteiger charge is -2.19. The summed E-state index contributed by atoms with van der Waals surface area (Å²) in [5.41, 5.74) is 0.368. The van der Waals surface area contributed by atoms with Crippen molar-refractivity contribution in [1.82, 2.24) is 4.90 Å². The third-order valence-electron chi connectivity index (χ3n) is 3.82. The molecule has 0 aliphatic rings. The predicted molar refractivity (Wildman–Crippen MR) is 94.0 cm³/mol. The molecule has 6 heteroatoms. The van der Waals surface area contributed by atoms with E-state index in [-0.39, 0.29) is 5.56 Å². The highest BCUT2D eigenvalue weighted by Crippen LogP contribution is 2.24. The van der Waals surface area contributed by atoms with Crippen LogP contribution in [0.15, 0.2) is 42.5 Å². The van der Waals surface area contributed by atoms with Crippen molar-refractivity contribution in [1.29, 1.82) is 0 Å². The molecule has 2 rings (SSSR count). The Morgan fingerprint density at radius 1 is 1.08 bits per heavy atom. The van der Waals surface area contributed by atoms with E-state index >= 15 is 0 Å². The highest BCUT2D eigenvalue weighted by Gasteiger charge is 2.12. The molecule has 0 aliphatic heterocycles. The van der Waals surface area contributed by atoms with Crippen LogP contribution in [0.1, 0.15) is 24.2 Å². The summed E-state index contributed by atoms with van der Waals surface area (Å²) in [6, 6.07) is 9.67. The number of amides is 1. The summed E-state index contributed by atoms with van der Waals surface area (Å²) in [4.78, 5) is 14.5. The summed E-state index contributed by atoms with van der Waals surface area (Å²) < 4.78 is 32.3. The average molecular weight is 348 g/mol. The van der Waals surface area contributed by atoms with Gasteiger partial charge in [-0.2, -0.15) is 0 Å². The fourth-order valence-electron chi connectivity index (χ4n) is 2.40. The zero-order valence-electron chi connectivity index (χ0n) is 14.4. The summed E-state index contributed by atoms with van der Waals surface area (Å²) in [5.74, 6) is -1.68. The lowest BCUT2D eigenvalue weighted by Crippen LogP contribution is -2.28. The van der Waals surface area contributed by atoms with Crippen LogP contribution in [-0.2, 0) is 0 Å². The largest absolute Gasteiger partial charge is 0.490 e. The van der Waals surface area contributed by atoms with Crippen molar-refractivity contribution in [3.8, 4) is 5.75 Å². The van der Waals surface area contributed by atoms with E-state index in [2.05, 4.69) is 24.1 Å². The molecule has 0 spiro atoms. The van der Waals surface area contributed by atoms with E-state index in [1.165, 1.54) is 0 Å². The van der Waals surface area contributed by atoms with Gasteiger partial charge in [0.05, 0.1) is 5.69 Å². The molecule has 0 radical (unpaired) electrons. The van der Waals surface area contributed by atoms with Gasteiger partial charge < -0.3 is 15.0 Å². The molecule has 25 heavy (non-hydrogen) atoms. The molecule has 0 fully saturated rings. The van der Waals surface area contributed by atoms with E-state index in [1.807, 2.05) is 0 Å². The van der Waals surface area contributed by atoms with Gasteiger partial charge in [-0.1, -0.05) is 26.0 Å². The summed E-state index contributed by atoms with van der Waals surface area (Å²) in [5, 5.41) is 2.64. The molecular formula is C19H22F2N2O2. The van der Waals surface area contributed by atoms with Crippen LogP contribution in [0, 0.1) is 11.6 Å². The number of para-hydroxylation sites is 2. The van der Waals surface area contributed by atoms with Crippen molar-refractivity contribution < 1.29 is 18.3 Å². The fraction of sp³-hybridized carbons (Fsp3) is 0.316. The van der Waals surface area contributed by atoms with Crippen LogP contribution < -0.4 is 10.1 Å². The third kappa shape index (κ3) is 5.53. The second kappa shape index (κ2) is 9.13. The number of anilines is 1. The minimum Gasteiger partial charge on any atom is -0.490 e. The zero-order chi connectivity index (χ0) is 18.2. The van der Waals surface area contributed by atoms with Gasteiger partial charge in [-0.3, -0.25) is 4.79 Å². The number of likely N-dealkylation sites (N-methyl/N-ethyl adjacent to an activating group) is 1.